The van der Waals surface area contributed by atoms with E-state index in [1.807, 2.05) is 19.1 Å². The zero-order chi connectivity index (χ0) is 22.2. The highest BCUT2D eigenvalue weighted by Gasteiger charge is 2.50. The number of ether oxygens (including phenoxy) is 1. The maximum Gasteiger partial charge on any atom is 0.409 e. The Morgan fingerprint density at radius 1 is 1.23 bits per heavy atom. The van der Waals surface area contributed by atoms with Gasteiger partial charge in [-0.05, 0) is 81.5 Å². The first kappa shape index (κ1) is 21.9. The van der Waals surface area contributed by atoms with Crippen LogP contribution in [0.25, 0.3) is 0 Å². The highest BCUT2D eigenvalue weighted by molar-refractivity contribution is 5.86. The fourth-order valence-electron chi connectivity index (χ4n) is 5.96. The van der Waals surface area contributed by atoms with Crippen LogP contribution in [0.15, 0.2) is 12.1 Å². The van der Waals surface area contributed by atoms with Gasteiger partial charge in [0, 0.05) is 31.4 Å². The molecule has 0 bridgehead atoms. The van der Waals surface area contributed by atoms with Crippen molar-refractivity contribution >= 4 is 17.7 Å². The van der Waals surface area contributed by atoms with Crippen LogP contribution >= 0.6 is 0 Å². The SMILES string of the molecule is CCc1c(N2CCC[C@@]3(CCN(C4CCC(O)CC4)C3=O)C2)ccc(OC(N)=O)c1C. The van der Waals surface area contributed by atoms with E-state index >= 15 is 0 Å². The Hall–Kier alpha value is -2.28. The second kappa shape index (κ2) is 8.69. The van der Waals surface area contributed by atoms with Gasteiger partial charge in [0.15, 0.2) is 0 Å². The average molecular weight is 430 g/mol. The summed E-state index contributed by atoms with van der Waals surface area (Å²) in [6.45, 7) is 6.55. The molecule has 4 rings (SSSR count). The number of anilines is 1. The number of aliphatic hydroxyl groups is 1. The van der Waals surface area contributed by atoms with Gasteiger partial charge >= 0.3 is 6.09 Å². The molecule has 31 heavy (non-hydrogen) atoms. The normalized spacial score (nSPS) is 28.9. The summed E-state index contributed by atoms with van der Waals surface area (Å²) in [6, 6.07) is 4.10. The molecule has 1 aromatic rings. The van der Waals surface area contributed by atoms with E-state index in [1.54, 1.807) is 0 Å². The van der Waals surface area contributed by atoms with Crippen LogP contribution in [0.4, 0.5) is 10.5 Å². The molecule has 2 aliphatic heterocycles. The molecule has 0 aromatic heterocycles. The van der Waals surface area contributed by atoms with Crippen LogP contribution in [0.1, 0.15) is 63.0 Å². The molecule has 7 heteroatoms. The van der Waals surface area contributed by atoms with Crippen molar-refractivity contribution in [2.24, 2.45) is 11.1 Å². The highest BCUT2D eigenvalue weighted by atomic mass is 16.5. The number of nitrogens with two attached hydrogens (primary N) is 1. The van der Waals surface area contributed by atoms with E-state index in [0.29, 0.717) is 11.7 Å². The predicted octanol–water partition coefficient (Wildman–Crippen LogP) is 3.14. The Morgan fingerprint density at radius 3 is 2.65 bits per heavy atom. The van der Waals surface area contributed by atoms with E-state index in [0.717, 1.165) is 87.8 Å². The second-order valence-corrected chi connectivity index (χ2v) is 9.48. The number of aliphatic hydroxyl groups excluding tert-OH is 1. The number of hydrogen-bond acceptors (Lipinski definition) is 5. The van der Waals surface area contributed by atoms with Crippen LogP contribution in [-0.2, 0) is 11.2 Å². The van der Waals surface area contributed by atoms with Crippen molar-refractivity contribution in [1.29, 1.82) is 0 Å². The summed E-state index contributed by atoms with van der Waals surface area (Å²) in [4.78, 5) is 29.3. The molecule has 3 aliphatic rings. The first-order chi connectivity index (χ1) is 14.8. The monoisotopic (exact) mass is 429 g/mol. The van der Waals surface area contributed by atoms with Crippen LogP contribution < -0.4 is 15.4 Å². The molecule has 1 aliphatic carbocycles. The number of hydrogen-bond donors (Lipinski definition) is 2. The fraction of sp³-hybridized carbons (Fsp3) is 0.667. The molecule has 0 unspecified atom stereocenters. The molecule has 1 saturated carbocycles. The van der Waals surface area contributed by atoms with Gasteiger partial charge in [0.1, 0.15) is 5.75 Å². The number of nitrogens with zero attached hydrogens (tertiary/aromatic N) is 2. The van der Waals surface area contributed by atoms with E-state index in [-0.39, 0.29) is 17.6 Å². The third-order valence-corrected chi connectivity index (χ3v) is 7.66. The molecular weight excluding hydrogens is 394 g/mol. The van der Waals surface area contributed by atoms with Crippen molar-refractivity contribution in [1.82, 2.24) is 4.90 Å². The number of rotatable bonds is 4. The minimum atomic E-state index is -0.804. The summed E-state index contributed by atoms with van der Waals surface area (Å²) in [6.07, 6.45) is 6.06. The Morgan fingerprint density at radius 2 is 1.97 bits per heavy atom. The fourth-order valence-corrected chi connectivity index (χ4v) is 5.96. The van der Waals surface area contributed by atoms with Gasteiger partial charge in [-0.25, -0.2) is 4.79 Å². The topological polar surface area (TPSA) is 96.1 Å². The molecule has 1 atom stereocenters. The van der Waals surface area contributed by atoms with Crippen LogP contribution in [-0.4, -0.2) is 53.8 Å². The minimum absolute atomic E-state index is 0.203. The van der Waals surface area contributed by atoms with Gasteiger partial charge in [0.05, 0.1) is 11.5 Å². The van der Waals surface area contributed by atoms with Gasteiger partial charge in [-0.3, -0.25) is 4.79 Å². The van der Waals surface area contributed by atoms with Gasteiger partial charge in [0.2, 0.25) is 5.91 Å². The Bertz CT molecular complexity index is 849. The second-order valence-electron chi connectivity index (χ2n) is 9.48. The van der Waals surface area contributed by atoms with Crippen LogP contribution in [0, 0.1) is 12.3 Å². The number of piperidine rings is 1. The Balaban J connectivity index is 1.54. The van der Waals surface area contributed by atoms with Crippen molar-refractivity contribution < 1.29 is 19.4 Å². The molecule has 7 nitrogen and oxygen atoms in total. The lowest BCUT2D eigenvalue weighted by atomic mass is 9.78. The van der Waals surface area contributed by atoms with Gasteiger partial charge in [0.25, 0.3) is 0 Å². The quantitative estimate of drug-likeness (QED) is 0.767. The largest absolute Gasteiger partial charge is 0.410 e. The summed E-state index contributed by atoms with van der Waals surface area (Å²) in [5, 5.41) is 9.83. The van der Waals surface area contributed by atoms with Crippen molar-refractivity contribution in [2.45, 2.75) is 77.4 Å². The molecule has 2 heterocycles. The predicted molar refractivity (Wildman–Crippen MR) is 119 cm³/mol. The van der Waals surface area contributed by atoms with Crippen molar-refractivity contribution in [3.05, 3.63) is 23.3 Å². The molecule has 2 saturated heterocycles. The van der Waals surface area contributed by atoms with Crippen LogP contribution in [0.3, 0.4) is 0 Å². The summed E-state index contributed by atoms with van der Waals surface area (Å²) >= 11 is 0. The number of primary amides is 1. The van der Waals surface area contributed by atoms with Crippen molar-refractivity contribution in [2.75, 3.05) is 24.5 Å². The van der Waals surface area contributed by atoms with Gasteiger partial charge in [-0.2, -0.15) is 0 Å². The molecule has 0 radical (unpaired) electrons. The molecule has 1 aromatic carbocycles. The number of amides is 2. The van der Waals surface area contributed by atoms with E-state index in [4.69, 9.17) is 10.5 Å². The Kier molecular flexibility index (Phi) is 6.15. The number of benzene rings is 1. The summed E-state index contributed by atoms with van der Waals surface area (Å²) < 4.78 is 5.17. The smallest absolute Gasteiger partial charge is 0.409 e. The zero-order valence-corrected chi connectivity index (χ0v) is 18.7. The van der Waals surface area contributed by atoms with Crippen molar-refractivity contribution in [3.63, 3.8) is 0 Å². The minimum Gasteiger partial charge on any atom is -0.410 e. The van der Waals surface area contributed by atoms with E-state index < -0.39 is 6.09 Å². The summed E-state index contributed by atoms with van der Waals surface area (Å²) in [7, 11) is 0. The van der Waals surface area contributed by atoms with E-state index in [9.17, 15) is 14.7 Å². The average Bonchev–Trinajstić information content (AvgIpc) is 3.05. The molecular formula is C24H35N3O4. The van der Waals surface area contributed by atoms with E-state index in [2.05, 4.69) is 16.7 Å². The van der Waals surface area contributed by atoms with Crippen LogP contribution in [0.2, 0.25) is 0 Å². The number of likely N-dealkylation sites (tertiary alicyclic amines) is 1. The van der Waals surface area contributed by atoms with Crippen LogP contribution in [0.5, 0.6) is 5.75 Å². The zero-order valence-electron chi connectivity index (χ0n) is 18.7. The molecule has 3 N–H and O–H groups in total. The standard InChI is InChI=1S/C24H35N3O4/c1-3-19-16(2)21(31-23(25)30)10-9-20(19)26-13-4-11-24(15-26)12-14-27(22(24)29)17-5-7-18(28)8-6-17/h9-10,17-18,28H,3-8,11-15H2,1-2H3,(H2,25,30)/t17?,18?,24-/m1/s1. The summed E-state index contributed by atoms with van der Waals surface area (Å²) in [5.74, 6) is 0.810. The maximum atomic E-state index is 13.6. The molecule has 1 spiro atoms. The lowest BCUT2D eigenvalue weighted by molar-refractivity contribution is -0.139. The molecule has 3 fully saturated rings. The molecule has 170 valence electrons. The van der Waals surface area contributed by atoms with Gasteiger partial charge in [-0.1, -0.05) is 6.92 Å². The third kappa shape index (κ3) is 4.12. The first-order valence-corrected chi connectivity index (χ1v) is 11.7. The lowest BCUT2D eigenvalue weighted by Gasteiger charge is -2.42. The maximum absolute atomic E-state index is 13.6. The number of carbonyl (C=O) groups is 2. The first-order valence-electron chi connectivity index (χ1n) is 11.7. The third-order valence-electron chi connectivity index (χ3n) is 7.66. The van der Waals surface area contributed by atoms with E-state index in [1.165, 1.54) is 0 Å². The Labute approximate surface area is 184 Å². The van der Waals surface area contributed by atoms with Gasteiger partial charge in [-0.15, -0.1) is 0 Å². The highest BCUT2D eigenvalue weighted by Crippen LogP contribution is 2.44. The van der Waals surface area contributed by atoms with Gasteiger partial charge < -0.3 is 25.4 Å². The lowest BCUT2D eigenvalue weighted by Crippen LogP contribution is -2.50. The summed E-state index contributed by atoms with van der Waals surface area (Å²) in [5.41, 5.74) is 8.10. The van der Waals surface area contributed by atoms with Crippen molar-refractivity contribution in [3.8, 4) is 5.75 Å². The molecule has 2 amide bonds. The number of carbonyl (C=O) groups excluding carboxylic acids is 2.